The van der Waals surface area contributed by atoms with Crippen molar-refractivity contribution in [1.82, 2.24) is 0 Å². The van der Waals surface area contributed by atoms with Crippen LogP contribution in [0.3, 0.4) is 0 Å². The van der Waals surface area contributed by atoms with Crippen molar-refractivity contribution in [2.45, 2.75) is 18.6 Å². The number of carbonyl (C=O) groups is 3. The molecule has 0 bridgehead atoms. The molecule has 0 spiro atoms. The molecule has 0 aromatic carbocycles. The fourth-order valence-corrected chi connectivity index (χ4v) is 1.73. The van der Waals surface area contributed by atoms with Crippen molar-refractivity contribution >= 4 is 28.0 Å². The van der Waals surface area contributed by atoms with Gasteiger partial charge in [0.25, 0.3) is 0 Å². The Bertz CT molecular complexity index is 391. The first-order chi connectivity index (χ1) is 6.66. The van der Waals surface area contributed by atoms with Crippen LogP contribution in [0.15, 0.2) is 0 Å². The fourth-order valence-electron chi connectivity index (χ4n) is 0.693. The van der Waals surface area contributed by atoms with E-state index in [4.69, 9.17) is 10.2 Å². The molecule has 0 aromatic heterocycles. The molecule has 88 valence electrons. The van der Waals surface area contributed by atoms with Crippen LogP contribution in [0, 0.1) is 0 Å². The monoisotopic (exact) mass is 264 g/mol. The molecule has 0 radical (unpaired) electrons. The molecular weight excluding hydrogens is 255 g/mol. The van der Waals surface area contributed by atoms with E-state index >= 15 is 0 Å². The quantitative estimate of drug-likeness (QED) is 0.378. The third kappa shape index (κ3) is 6.05. The Morgan fingerprint density at radius 3 is 2.00 bits per heavy atom. The van der Waals surface area contributed by atoms with Crippen LogP contribution in [0.25, 0.3) is 0 Å². The normalized spacial score (nSPS) is 12.1. The first kappa shape index (κ1) is 17.7. The molecular formula is C6H9NaO8S. The Kier molecular flexibility index (Phi) is 7.58. The molecule has 2 N–H and O–H groups in total. The Morgan fingerprint density at radius 2 is 1.75 bits per heavy atom. The van der Waals surface area contributed by atoms with Crippen LogP contribution >= 0.6 is 0 Å². The van der Waals surface area contributed by atoms with Gasteiger partial charge in [0, 0.05) is 6.92 Å². The van der Waals surface area contributed by atoms with Crippen LogP contribution < -0.4 is 29.6 Å². The van der Waals surface area contributed by atoms with E-state index in [1.807, 2.05) is 0 Å². The molecule has 0 aliphatic heterocycles. The van der Waals surface area contributed by atoms with Crippen molar-refractivity contribution in [2.24, 2.45) is 0 Å². The van der Waals surface area contributed by atoms with Gasteiger partial charge in [-0.25, -0.2) is 0 Å². The summed E-state index contributed by atoms with van der Waals surface area (Å²) in [5, 5.41) is 14.4. The third-order valence-electron chi connectivity index (χ3n) is 1.22. The number of carboxylic acids is 2. The summed E-state index contributed by atoms with van der Waals surface area (Å²) >= 11 is 0. The van der Waals surface area contributed by atoms with E-state index in [1.54, 1.807) is 0 Å². The minimum atomic E-state index is -4.75. The number of hydrogen-bond acceptors (Lipinski definition) is 6. The molecule has 0 fully saturated rings. The zero-order chi connectivity index (χ0) is 12.2. The largest absolute Gasteiger partial charge is 1.00 e. The third-order valence-corrected chi connectivity index (χ3v) is 2.75. The first-order valence-electron chi connectivity index (χ1n) is 3.55. The van der Waals surface area contributed by atoms with Crippen molar-refractivity contribution in [2.75, 3.05) is 0 Å². The average Bonchev–Trinajstić information content (AvgIpc) is 1.96. The van der Waals surface area contributed by atoms with Gasteiger partial charge in [-0.15, -0.1) is 0 Å². The minimum absolute atomic E-state index is 0. The molecule has 0 aromatic rings. The van der Waals surface area contributed by atoms with E-state index in [9.17, 15) is 22.8 Å². The Morgan fingerprint density at radius 1 is 1.31 bits per heavy atom. The van der Waals surface area contributed by atoms with Crippen molar-refractivity contribution in [3.05, 3.63) is 0 Å². The van der Waals surface area contributed by atoms with Gasteiger partial charge in [-0.2, -0.15) is 8.42 Å². The molecule has 0 rings (SSSR count). The zero-order valence-electron chi connectivity index (χ0n) is 9.54. The predicted octanol–water partition coefficient (Wildman–Crippen LogP) is -4.08. The number of hydrogen-bond donors (Lipinski definition) is 2. The maximum atomic E-state index is 11.0. The fraction of sp³-hybridized carbons (Fsp3) is 0.500. The summed E-state index contributed by atoms with van der Waals surface area (Å²) in [6.45, 7) is 0.761. The SMILES string of the molecule is CC(=O)OS(=O)(=O)C(CC(=O)O)C(=O)O.[H-].[Na+]. The summed E-state index contributed by atoms with van der Waals surface area (Å²) in [4.78, 5) is 30.9. The van der Waals surface area contributed by atoms with Gasteiger partial charge in [0.2, 0.25) is 5.25 Å². The van der Waals surface area contributed by atoms with Crippen molar-refractivity contribution < 1.29 is 68.2 Å². The summed E-state index contributed by atoms with van der Waals surface area (Å²) < 4.78 is 25.8. The molecule has 0 heterocycles. The summed E-state index contributed by atoms with van der Waals surface area (Å²) in [7, 11) is -4.75. The van der Waals surface area contributed by atoms with Crippen molar-refractivity contribution in [3.8, 4) is 0 Å². The maximum Gasteiger partial charge on any atom is 1.00 e. The van der Waals surface area contributed by atoms with Crippen LogP contribution in [0.1, 0.15) is 14.8 Å². The van der Waals surface area contributed by atoms with Gasteiger partial charge in [0.05, 0.1) is 6.42 Å². The average molecular weight is 264 g/mol. The second-order valence-electron chi connectivity index (χ2n) is 2.49. The van der Waals surface area contributed by atoms with Crippen LogP contribution in [0.2, 0.25) is 0 Å². The topological polar surface area (TPSA) is 135 Å². The van der Waals surface area contributed by atoms with Crippen molar-refractivity contribution in [1.29, 1.82) is 0 Å². The Balaban J connectivity index is -0.000000980. The van der Waals surface area contributed by atoms with Gasteiger partial charge in [-0.3, -0.25) is 14.4 Å². The van der Waals surface area contributed by atoms with E-state index < -0.39 is 39.7 Å². The Labute approximate surface area is 114 Å². The van der Waals surface area contributed by atoms with E-state index in [2.05, 4.69) is 4.18 Å². The standard InChI is InChI=1S/C6H8O8S.Na.H/c1-3(7)14-15(12,13)4(6(10)11)2-5(8)9;;/h4H,2H2,1H3,(H,8,9)(H,10,11);;/q;+1;-1. The molecule has 0 saturated heterocycles. The van der Waals surface area contributed by atoms with Gasteiger partial charge in [-0.1, -0.05) is 0 Å². The van der Waals surface area contributed by atoms with E-state index in [0.717, 1.165) is 6.92 Å². The molecule has 10 heteroatoms. The molecule has 16 heavy (non-hydrogen) atoms. The number of carbonyl (C=O) groups excluding carboxylic acids is 1. The minimum Gasteiger partial charge on any atom is -1.00 e. The van der Waals surface area contributed by atoms with E-state index in [0.29, 0.717) is 0 Å². The molecule has 0 amide bonds. The molecule has 0 aliphatic rings. The zero-order valence-corrected chi connectivity index (χ0v) is 11.4. The second-order valence-corrected chi connectivity index (χ2v) is 4.21. The molecule has 0 aliphatic carbocycles. The van der Waals surface area contributed by atoms with Gasteiger partial charge < -0.3 is 15.8 Å². The molecule has 0 saturated carbocycles. The first-order valence-corrected chi connectivity index (χ1v) is 5.02. The summed E-state index contributed by atoms with van der Waals surface area (Å²) in [6, 6.07) is 0. The van der Waals surface area contributed by atoms with Gasteiger partial charge in [-0.05, 0) is 0 Å². The van der Waals surface area contributed by atoms with Crippen molar-refractivity contribution in [3.63, 3.8) is 0 Å². The van der Waals surface area contributed by atoms with Crippen LogP contribution in [0.5, 0.6) is 0 Å². The molecule has 1 unspecified atom stereocenters. The summed E-state index contributed by atoms with van der Waals surface area (Å²) in [5.41, 5.74) is 0. The Hall–Kier alpha value is -0.640. The van der Waals surface area contributed by atoms with Gasteiger partial charge >= 0.3 is 57.6 Å². The van der Waals surface area contributed by atoms with Crippen LogP contribution in [0.4, 0.5) is 0 Å². The van der Waals surface area contributed by atoms with Gasteiger partial charge in [0.15, 0.2) is 0 Å². The van der Waals surface area contributed by atoms with Gasteiger partial charge in [0.1, 0.15) is 0 Å². The number of carboxylic acid groups (broad SMARTS) is 2. The van der Waals surface area contributed by atoms with Crippen LogP contribution in [-0.4, -0.2) is 41.8 Å². The summed E-state index contributed by atoms with van der Waals surface area (Å²) in [6.07, 6.45) is -1.18. The molecule has 8 nitrogen and oxygen atoms in total. The smallest absolute Gasteiger partial charge is 1.00 e. The second kappa shape index (κ2) is 6.84. The predicted molar refractivity (Wildman–Crippen MR) is 45.5 cm³/mol. The van der Waals surface area contributed by atoms with Crippen LogP contribution in [-0.2, 0) is 28.7 Å². The summed E-state index contributed by atoms with van der Waals surface area (Å²) in [5.74, 6) is -4.75. The van der Waals surface area contributed by atoms with E-state index in [-0.39, 0.29) is 31.0 Å². The number of rotatable bonds is 5. The molecule has 1 atom stereocenters. The maximum absolute atomic E-state index is 11.0. The number of aliphatic carboxylic acids is 2. The van der Waals surface area contributed by atoms with E-state index in [1.165, 1.54) is 0 Å².